The number of carbonyl (C=O) groups is 2. The molecule has 3 rings (SSSR count). The second kappa shape index (κ2) is 8.98. The molecule has 1 unspecified atom stereocenters. The molecular weight excluding hydrogens is 342 g/mol. The number of hydrogen-bond acceptors (Lipinski definition) is 4. The van der Waals surface area contributed by atoms with Gasteiger partial charge in [0, 0.05) is 0 Å². The molecule has 5 nitrogen and oxygen atoms in total. The van der Waals surface area contributed by atoms with Gasteiger partial charge in [-0.3, -0.25) is 9.59 Å². The number of hydrogen-bond donors (Lipinski definition) is 1. The summed E-state index contributed by atoms with van der Waals surface area (Å²) in [5.74, 6) is 0.221. The fourth-order valence-corrected chi connectivity index (χ4v) is 4.00. The zero-order valence-electron chi connectivity index (χ0n) is 16.4. The molecule has 27 heavy (non-hydrogen) atoms. The molecule has 1 aromatic rings. The number of ether oxygens (including phenoxy) is 2. The maximum absolute atomic E-state index is 13.0. The van der Waals surface area contributed by atoms with Gasteiger partial charge in [0.05, 0.1) is 12.7 Å². The van der Waals surface area contributed by atoms with Gasteiger partial charge in [-0.2, -0.15) is 0 Å². The molecule has 1 saturated heterocycles. The van der Waals surface area contributed by atoms with Crippen LogP contribution < -0.4 is 5.32 Å². The van der Waals surface area contributed by atoms with Crippen LogP contribution in [0.5, 0.6) is 0 Å². The van der Waals surface area contributed by atoms with Crippen LogP contribution in [0, 0.1) is 5.92 Å². The molecule has 0 bridgehead atoms. The molecule has 1 aliphatic carbocycles. The zero-order chi connectivity index (χ0) is 19.3. The highest BCUT2D eigenvalue weighted by molar-refractivity contribution is 5.96. The number of ketones is 1. The van der Waals surface area contributed by atoms with Gasteiger partial charge in [0.2, 0.25) is 5.91 Å². The summed E-state index contributed by atoms with van der Waals surface area (Å²) in [5.41, 5.74) is 0.0664. The smallest absolute Gasteiger partial charge is 0.250 e. The van der Waals surface area contributed by atoms with Gasteiger partial charge in [0.25, 0.3) is 0 Å². The van der Waals surface area contributed by atoms with Crippen LogP contribution in [0.3, 0.4) is 0 Å². The quantitative estimate of drug-likeness (QED) is 0.795. The van der Waals surface area contributed by atoms with E-state index in [1.54, 1.807) is 6.92 Å². The number of amides is 1. The summed E-state index contributed by atoms with van der Waals surface area (Å²) in [4.78, 5) is 25.3. The highest BCUT2D eigenvalue weighted by atomic mass is 16.5. The second-order valence-corrected chi connectivity index (χ2v) is 8.09. The number of nitrogens with one attached hydrogen (secondary N) is 1. The summed E-state index contributed by atoms with van der Waals surface area (Å²) in [6, 6.07) is 9.88. The van der Waals surface area contributed by atoms with Crippen molar-refractivity contribution < 1.29 is 19.1 Å². The molecule has 5 heteroatoms. The second-order valence-electron chi connectivity index (χ2n) is 8.09. The van der Waals surface area contributed by atoms with Gasteiger partial charge in [0.1, 0.15) is 18.2 Å². The van der Waals surface area contributed by atoms with Crippen LogP contribution in [0.2, 0.25) is 0 Å². The van der Waals surface area contributed by atoms with Crippen LogP contribution in [-0.4, -0.2) is 36.0 Å². The highest BCUT2D eigenvalue weighted by Crippen LogP contribution is 2.29. The molecule has 1 aromatic carbocycles. The van der Waals surface area contributed by atoms with E-state index in [1.165, 1.54) is 19.3 Å². The normalized spacial score (nSPS) is 27.5. The van der Waals surface area contributed by atoms with E-state index >= 15 is 0 Å². The molecule has 0 aromatic heterocycles. The number of carbonyl (C=O) groups excluding carboxylic acids is 2. The third-order valence-corrected chi connectivity index (χ3v) is 6.10. The first kappa shape index (κ1) is 20.0. The van der Waals surface area contributed by atoms with Crippen LogP contribution in [-0.2, 0) is 25.7 Å². The molecule has 3 atom stereocenters. The van der Waals surface area contributed by atoms with Crippen molar-refractivity contribution in [3.05, 3.63) is 35.9 Å². The maximum atomic E-state index is 13.0. The topological polar surface area (TPSA) is 64.6 Å². The van der Waals surface area contributed by atoms with Gasteiger partial charge in [-0.05, 0) is 31.7 Å². The number of rotatable bonds is 7. The maximum Gasteiger partial charge on any atom is 0.250 e. The van der Waals surface area contributed by atoms with E-state index in [9.17, 15) is 9.59 Å². The predicted octanol–water partition coefficient (Wildman–Crippen LogP) is 3.40. The molecule has 148 valence electrons. The Morgan fingerprint density at radius 2 is 1.96 bits per heavy atom. The standard InChI is InChI=1S/C22H31NO4/c1-16-22(2,20(24)15-26-16)23-21(25)19(13-17-9-5-3-6-10-17)27-14-18-11-7-4-8-12-18/h4,7-8,11-12,16-17,19H,3,5-6,9-10,13-15H2,1-2H3,(H,23,25)/t16?,19-,22-/m1/s1. The van der Waals surface area contributed by atoms with Gasteiger partial charge in [-0.15, -0.1) is 0 Å². The predicted molar refractivity (Wildman–Crippen MR) is 103 cm³/mol. The number of benzene rings is 1. The van der Waals surface area contributed by atoms with E-state index in [0.717, 1.165) is 18.4 Å². The minimum absolute atomic E-state index is 0.0517. The SMILES string of the molecule is CC1OCC(=O)[C@]1(C)NC(=O)[C@@H](CC1CCCCC1)OCc1ccccc1. The van der Waals surface area contributed by atoms with Crippen molar-refractivity contribution in [2.75, 3.05) is 6.61 Å². The molecule has 1 amide bonds. The number of Topliss-reactive ketones (excluding diaryl/α,β-unsaturated/α-hetero) is 1. The van der Waals surface area contributed by atoms with Crippen LogP contribution in [0.15, 0.2) is 30.3 Å². The Balaban J connectivity index is 1.67. The van der Waals surface area contributed by atoms with Gasteiger partial charge in [0.15, 0.2) is 5.78 Å². The molecule has 1 saturated carbocycles. The van der Waals surface area contributed by atoms with E-state index in [2.05, 4.69) is 5.32 Å². The van der Waals surface area contributed by atoms with E-state index in [4.69, 9.17) is 9.47 Å². The minimum Gasteiger partial charge on any atom is -0.368 e. The van der Waals surface area contributed by atoms with Crippen molar-refractivity contribution in [1.29, 1.82) is 0 Å². The van der Waals surface area contributed by atoms with Crippen LogP contribution >= 0.6 is 0 Å². The van der Waals surface area contributed by atoms with Gasteiger partial charge >= 0.3 is 0 Å². The molecular formula is C22H31NO4. The average molecular weight is 373 g/mol. The van der Waals surface area contributed by atoms with E-state index in [-0.39, 0.29) is 24.4 Å². The van der Waals surface area contributed by atoms with E-state index in [1.807, 2.05) is 37.3 Å². The monoisotopic (exact) mass is 373 g/mol. The molecule has 0 spiro atoms. The Morgan fingerprint density at radius 3 is 2.59 bits per heavy atom. The van der Waals surface area contributed by atoms with E-state index < -0.39 is 11.6 Å². The van der Waals surface area contributed by atoms with Crippen molar-refractivity contribution in [3.63, 3.8) is 0 Å². The first-order valence-electron chi connectivity index (χ1n) is 10.1. The average Bonchev–Trinajstić information content (AvgIpc) is 2.93. The van der Waals surface area contributed by atoms with Gasteiger partial charge in [-0.25, -0.2) is 0 Å². The largest absolute Gasteiger partial charge is 0.368 e. The fourth-order valence-electron chi connectivity index (χ4n) is 4.00. The lowest BCUT2D eigenvalue weighted by molar-refractivity contribution is -0.140. The van der Waals surface area contributed by atoms with Crippen LogP contribution in [0.1, 0.15) is 57.9 Å². The van der Waals surface area contributed by atoms with Gasteiger partial charge < -0.3 is 14.8 Å². The summed E-state index contributed by atoms with van der Waals surface area (Å²) in [6.07, 6.45) is 5.83. The fraction of sp³-hybridized carbons (Fsp3) is 0.636. The zero-order valence-corrected chi connectivity index (χ0v) is 16.4. The third-order valence-electron chi connectivity index (χ3n) is 6.10. The lowest BCUT2D eigenvalue weighted by Crippen LogP contribution is -2.58. The summed E-state index contributed by atoms with van der Waals surface area (Å²) in [6.45, 7) is 4.02. The van der Waals surface area contributed by atoms with Crippen molar-refractivity contribution >= 4 is 11.7 Å². The molecule has 2 fully saturated rings. The van der Waals surface area contributed by atoms with Crippen LogP contribution in [0.4, 0.5) is 0 Å². The molecule has 2 aliphatic rings. The van der Waals surface area contributed by atoms with Gasteiger partial charge in [-0.1, -0.05) is 62.4 Å². The van der Waals surface area contributed by atoms with Crippen molar-refractivity contribution in [2.24, 2.45) is 5.92 Å². The highest BCUT2D eigenvalue weighted by Gasteiger charge is 2.47. The Labute approximate surface area is 161 Å². The van der Waals surface area contributed by atoms with Crippen molar-refractivity contribution in [3.8, 4) is 0 Å². The molecule has 1 heterocycles. The summed E-state index contributed by atoms with van der Waals surface area (Å²) in [5, 5.41) is 2.94. The summed E-state index contributed by atoms with van der Waals surface area (Å²) in [7, 11) is 0. The van der Waals surface area contributed by atoms with Crippen LogP contribution in [0.25, 0.3) is 0 Å². The Bertz CT molecular complexity index is 641. The Kier molecular flexibility index (Phi) is 6.66. The minimum atomic E-state index is -0.974. The lowest BCUT2D eigenvalue weighted by Gasteiger charge is -2.31. The lowest BCUT2D eigenvalue weighted by atomic mass is 9.85. The summed E-state index contributed by atoms with van der Waals surface area (Å²) < 4.78 is 11.5. The molecule has 1 N–H and O–H groups in total. The summed E-state index contributed by atoms with van der Waals surface area (Å²) >= 11 is 0. The Morgan fingerprint density at radius 1 is 1.26 bits per heavy atom. The third kappa shape index (κ3) is 4.96. The molecule has 1 aliphatic heterocycles. The van der Waals surface area contributed by atoms with Crippen molar-refractivity contribution in [1.82, 2.24) is 5.32 Å². The van der Waals surface area contributed by atoms with Crippen molar-refractivity contribution in [2.45, 2.75) is 76.7 Å². The molecule has 0 radical (unpaired) electrons. The Hall–Kier alpha value is -1.72. The first-order valence-corrected chi connectivity index (χ1v) is 10.1. The first-order chi connectivity index (χ1) is 13.0. The van der Waals surface area contributed by atoms with E-state index in [0.29, 0.717) is 18.9 Å².